The third-order valence-electron chi connectivity index (χ3n) is 6.13. The molecule has 172 valence electrons. The fraction of sp³-hybridized carbons (Fsp3) is 0.348. The van der Waals surface area contributed by atoms with Crippen molar-refractivity contribution in [1.82, 2.24) is 14.7 Å². The van der Waals surface area contributed by atoms with Gasteiger partial charge in [-0.3, -0.25) is 9.69 Å². The summed E-state index contributed by atoms with van der Waals surface area (Å²) in [5, 5.41) is 9.18. The summed E-state index contributed by atoms with van der Waals surface area (Å²) in [6, 6.07) is 5.67. The summed E-state index contributed by atoms with van der Waals surface area (Å²) >= 11 is 3.45. The van der Waals surface area contributed by atoms with Gasteiger partial charge in [-0.05, 0) is 36.6 Å². The van der Waals surface area contributed by atoms with Crippen LogP contribution < -0.4 is 0 Å². The second-order valence-corrected chi connectivity index (χ2v) is 9.01. The van der Waals surface area contributed by atoms with Crippen molar-refractivity contribution >= 4 is 27.9 Å². The minimum Gasteiger partial charge on any atom is -0.341 e. The van der Waals surface area contributed by atoms with Crippen LogP contribution in [0.2, 0.25) is 0 Å². The predicted molar refractivity (Wildman–Crippen MR) is 117 cm³/mol. The molecule has 10 heteroatoms. The largest absolute Gasteiger partial charge is 0.412 e. The van der Waals surface area contributed by atoms with E-state index in [0.717, 1.165) is 6.08 Å². The van der Waals surface area contributed by atoms with Crippen LogP contribution in [0.5, 0.6) is 0 Å². The average Bonchev–Trinajstić information content (AvgIpc) is 2.77. The van der Waals surface area contributed by atoms with Crippen LogP contribution >= 0.6 is 15.9 Å². The first-order valence-electron chi connectivity index (χ1n) is 10.3. The maximum absolute atomic E-state index is 13.5. The van der Waals surface area contributed by atoms with Gasteiger partial charge in [0.05, 0.1) is 23.2 Å². The highest BCUT2D eigenvalue weighted by Gasteiger charge is 2.46. The van der Waals surface area contributed by atoms with Gasteiger partial charge in [0.1, 0.15) is 0 Å². The lowest BCUT2D eigenvalue weighted by Crippen LogP contribution is -2.52. The van der Waals surface area contributed by atoms with E-state index in [9.17, 15) is 28.0 Å². The number of hydrogen-bond acceptors (Lipinski definition) is 3. The molecule has 0 fully saturated rings. The number of hydrogen-bond donors (Lipinski definition) is 0. The zero-order chi connectivity index (χ0) is 24.1. The Morgan fingerprint density at radius 3 is 2.55 bits per heavy atom. The monoisotopic (exact) mass is 520 g/mol. The van der Waals surface area contributed by atoms with Gasteiger partial charge in [-0.15, -0.1) is 0 Å². The molecule has 3 aliphatic rings. The maximum atomic E-state index is 13.5. The number of allylic oxidation sites excluding steroid dienone is 3. The minimum absolute atomic E-state index is 0.132. The van der Waals surface area contributed by atoms with Gasteiger partial charge in [0, 0.05) is 48.5 Å². The van der Waals surface area contributed by atoms with Crippen molar-refractivity contribution in [3.05, 3.63) is 68.5 Å². The number of benzene rings is 1. The molecule has 2 heterocycles. The van der Waals surface area contributed by atoms with Crippen molar-refractivity contribution in [1.29, 1.82) is 5.26 Å². The molecule has 1 unspecified atom stereocenters. The topological polar surface area (TPSA) is 67.6 Å². The number of carbonyl (C=O) groups excluding carboxylic acids is 2. The fourth-order valence-electron chi connectivity index (χ4n) is 4.44. The van der Waals surface area contributed by atoms with E-state index in [1.807, 2.05) is 6.07 Å². The fourth-order valence-corrected chi connectivity index (χ4v) is 5.03. The van der Waals surface area contributed by atoms with Gasteiger partial charge >= 0.3 is 12.2 Å². The first kappa shape index (κ1) is 23.1. The van der Waals surface area contributed by atoms with E-state index < -0.39 is 23.8 Å². The number of likely N-dealkylation sites (N-methyl/N-ethyl adjacent to an activating group) is 2. The second-order valence-electron chi connectivity index (χ2n) is 8.15. The Balaban J connectivity index is 1.90. The smallest absolute Gasteiger partial charge is 0.341 e. The third kappa shape index (κ3) is 3.95. The number of alkyl halides is 3. The normalized spacial score (nSPS) is 21.6. The standard InChI is InChI=1S/C23H20BrF3N4O2/c1-29-9-8-18-19(21(29)32)20(16-7-6-13(12-28)10-17(16)24)30(2)22(33)31(18)15-5-3-4-14(11-15)23(25,26)27/h5-7,10-11,20H,3-4,8-9H2,1-2H3. The molecule has 1 aromatic rings. The van der Waals surface area contributed by atoms with Gasteiger partial charge < -0.3 is 9.80 Å². The van der Waals surface area contributed by atoms with E-state index in [-0.39, 0.29) is 24.4 Å². The highest BCUT2D eigenvalue weighted by molar-refractivity contribution is 9.10. The molecule has 0 N–H and O–H groups in total. The molecular formula is C23H20BrF3N4O2. The number of nitrogens with zero attached hydrogens (tertiary/aromatic N) is 4. The van der Waals surface area contributed by atoms with Gasteiger partial charge in [-0.25, -0.2) is 4.79 Å². The van der Waals surface area contributed by atoms with Crippen molar-refractivity contribution in [2.75, 3.05) is 20.6 Å². The van der Waals surface area contributed by atoms with Crippen LogP contribution in [-0.2, 0) is 4.79 Å². The van der Waals surface area contributed by atoms with E-state index in [4.69, 9.17) is 0 Å². The van der Waals surface area contributed by atoms with E-state index in [2.05, 4.69) is 15.9 Å². The number of urea groups is 1. The summed E-state index contributed by atoms with van der Waals surface area (Å²) < 4.78 is 40.7. The Morgan fingerprint density at radius 2 is 1.91 bits per heavy atom. The minimum atomic E-state index is -4.49. The van der Waals surface area contributed by atoms with Crippen molar-refractivity contribution in [3.8, 4) is 6.07 Å². The highest BCUT2D eigenvalue weighted by atomic mass is 79.9. The number of rotatable bonds is 2. The Kier molecular flexibility index (Phi) is 5.86. The molecule has 1 aliphatic carbocycles. The SMILES string of the molecule is CN1CCC2=C(C1=O)C(c1ccc(C#N)cc1Br)N(C)C(=O)N2C1=CCCC(C(F)(F)F)=C1. The van der Waals surface area contributed by atoms with E-state index in [1.165, 1.54) is 21.7 Å². The lowest BCUT2D eigenvalue weighted by molar-refractivity contribution is -0.127. The van der Waals surface area contributed by atoms with Crippen LogP contribution in [0.25, 0.3) is 0 Å². The summed E-state index contributed by atoms with van der Waals surface area (Å²) in [5.41, 5.74) is 1.21. The zero-order valence-electron chi connectivity index (χ0n) is 17.9. The number of nitriles is 1. The molecule has 0 saturated carbocycles. The first-order valence-corrected chi connectivity index (χ1v) is 11.1. The van der Waals surface area contributed by atoms with Gasteiger partial charge in [-0.1, -0.05) is 28.1 Å². The molecule has 1 aromatic carbocycles. The summed E-state index contributed by atoms with van der Waals surface area (Å²) in [6.07, 6.45) is -1.56. The molecule has 0 spiro atoms. The highest BCUT2D eigenvalue weighted by Crippen LogP contribution is 2.45. The third-order valence-corrected chi connectivity index (χ3v) is 6.82. The summed E-state index contributed by atoms with van der Waals surface area (Å²) in [7, 11) is 3.17. The molecular weight excluding hydrogens is 501 g/mol. The number of carbonyl (C=O) groups is 2. The van der Waals surface area contributed by atoms with Gasteiger partial charge in [0.15, 0.2) is 0 Å². The Labute approximate surface area is 197 Å². The molecule has 1 atom stereocenters. The first-order chi connectivity index (χ1) is 15.5. The van der Waals surface area contributed by atoms with Crippen LogP contribution in [0, 0.1) is 11.3 Å². The molecule has 0 radical (unpaired) electrons. The Morgan fingerprint density at radius 1 is 1.18 bits per heavy atom. The van der Waals surface area contributed by atoms with Crippen molar-refractivity contribution in [2.24, 2.45) is 0 Å². The molecule has 2 aliphatic heterocycles. The number of amides is 3. The maximum Gasteiger partial charge on any atom is 0.412 e. The van der Waals surface area contributed by atoms with Crippen molar-refractivity contribution < 1.29 is 22.8 Å². The van der Waals surface area contributed by atoms with Crippen LogP contribution in [0.3, 0.4) is 0 Å². The van der Waals surface area contributed by atoms with E-state index in [0.29, 0.717) is 39.8 Å². The summed E-state index contributed by atoms with van der Waals surface area (Å²) in [4.78, 5) is 31.0. The molecule has 0 aromatic heterocycles. The summed E-state index contributed by atoms with van der Waals surface area (Å²) in [6.45, 7) is 0.343. The molecule has 6 nitrogen and oxygen atoms in total. The molecule has 3 amide bonds. The average molecular weight is 521 g/mol. The predicted octanol–water partition coefficient (Wildman–Crippen LogP) is 5.01. The quantitative estimate of drug-likeness (QED) is 0.550. The second kappa shape index (κ2) is 8.37. The van der Waals surface area contributed by atoms with Crippen LogP contribution in [0.15, 0.2) is 57.4 Å². The molecule has 0 bridgehead atoms. The van der Waals surface area contributed by atoms with Crippen LogP contribution in [-0.4, -0.2) is 53.5 Å². The van der Waals surface area contributed by atoms with Gasteiger partial charge in [-0.2, -0.15) is 18.4 Å². The Hall–Kier alpha value is -3.06. The van der Waals surface area contributed by atoms with Crippen LogP contribution in [0.1, 0.15) is 36.4 Å². The molecule has 33 heavy (non-hydrogen) atoms. The number of halogens is 4. The lowest BCUT2D eigenvalue weighted by Gasteiger charge is -2.46. The van der Waals surface area contributed by atoms with Crippen LogP contribution in [0.4, 0.5) is 18.0 Å². The summed E-state index contributed by atoms with van der Waals surface area (Å²) in [5.74, 6) is -0.293. The zero-order valence-corrected chi connectivity index (χ0v) is 19.5. The van der Waals surface area contributed by atoms with E-state index in [1.54, 1.807) is 31.3 Å². The molecule has 0 saturated heterocycles. The van der Waals surface area contributed by atoms with Gasteiger partial charge in [0.25, 0.3) is 5.91 Å². The van der Waals surface area contributed by atoms with Crippen molar-refractivity contribution in [3.63, 3.8) is 0 Å². The van der Waals surface area contributed by atoms with Crippen molar-refractivity contribution in [2.45, 2.75) is 31.5 Å². The van der Waals surface area contributed by atoms with E-state index >= 15 is 0 Å². The molecule has 4 rings (SSSR count). The lowest BCUT2D eigenvalue weighted by atomic mass is 9.88. The Bertz CT molecular complexity index is 1180. The van der Waals surface area contributed by atoms with Gasteiger partial charge in [0.2, 0.25) is 0 Å².